The summed E-state index contributed by atoms with van der Waals surface area (Å²) in [6.07, 6.45) is 3.00. The van der Waals surface area contributed by atoms with Gasteiger partial charge < -0.3 is 14.4 Å². The molecular weight excluding hydrogens is 390 g/mol. The van der Waals surface area contributed by atoms with Crippen LogP contribution < -0.4 is 4.74 Å². The van der Waals surface area contributed by atoms with Gasteiger partial charge in [0.1, 0.15) is 5.75 Å². The first-order valence-corrected chi connectivity index (χ1v) is 9.77. The van der Waals surface area contributed by atoms with E-state index in [9.17, 15) is 18.4 Å². The average Bonchev–Trinajstić information content (AvgIpc) is 3.04. The number of thioether (sulfide) groups is 1. The lowest BCUT2D eigenvalue weighted by Crippen LogP contribution is -2.39. The summed E-state index contributed by atoms with van der Waals surface area (Å²) in [7, 11) is 0. The van der Waals surface area contributed by atoms with E-state index in [-0.39, 0.29) is 23.5 Å². The van der Waals surface area contributed by atoms with Gasteiger partial charge in [0.05, 0.1) is 17.4 Å². The quantitative estimate of drug-likeness (QED) is 0.546. The lowest BCUT2D eigenvalue weighted by molar-refractivity contribution is -0.149. The molecule has 150 valence electrons. The van der Waals surface area contributed by atoms with Crippen molar-refractivity contribution in [1.29, 1.82) is 0 Å². The summed E-state index contributed by atoms with van der Waals surface area (Å²) in [5.74, 6) is -0.550. The van der Waals surface area contributed by atoms with Gasteiger partial charge in [-0.2, -0.15) is 13.8 Å². The number of halogens is 2. The Balaban J connectivity index is 1.58. The normalized spacial score (nSPS) is 19.3. The van der Waals surface area contributed by atoms with E-state index in [1.165, 1.54) is 23.9 Å². The Morgan fingerprint density at radius 2 is 2.00 bits per heavy atom. The fourth-order valence-corrected chi connectivity index (χ4v) is 3.96. The maximum atomic E-state index is 12.2. The van der Waals surface area contributed by atoms with Crippen LogP contribution in [-0.4, -0.2) is 48.3 Å². The summed E-state index contributed by atoms with van der Waals surface area (Å²) in [5, 5.41) is 0.621. The Bertz CT molecular complexity index is 788. The topological polar surface area (TPSA) is 68.2 Å². The number of rotatable bonds is 5. The number of benzene rings is 1. The molecule has 0 aliphatic carbocycles. The fourth-order valence-electron chi connectivity index (χ4n) is 3.00. The molecule has 2 heterocycles. The number of hydrogen-bond donors (Lipinski definition) is 0. The number of alkyl halides is 2. The summed E-state index contributed by atoms with van der Waals surface area (Å²) < 4.78 is 33.8. The SMILES string of the molecule is CCOC(=O)C1CCN(C2=NC(=O)C(=Cc3ccc(OC(F)F)cc3)S2)CC1. The van der Waals surface area contributed by atoms with Gasteiger partial charge in [-0.05, 0) is 55.3 Å². The van der Waals surface area contributed by atoms with Crippen LogP contribution in [0.25, 0.3) is 6.08 Å². The summed E-state index contributed by atoms with van der Waals surface area (Å²) in [6, 6.07) is 6.04. The minimum absolute atomic E-state index is 0.0592. The summed E-state index contributed by atoms with van der Waals surface area (Å²) in [6.45, 7) is 0.556. The third kappa shape index (κ3) is 5.09. The zero-order chi connectivity index (χ0) is 20.1. The zero-order valence-electron chi connectivity index (χ0n) is 15.3. The summed E-state index contributed by atoms with van der Waals surface area (Å²) in [4.78, 5) is 30.6. The number of hydrogen-bond acceptors (Lipinski definition) is 6. The van der Waals surface area contributed by atoms with Crippen molar-refractivity contribution in [2.75, 3.05) is 19.7 Å². The zero-order valence-corrected chi connectivity index (χ0v) is 16.1. The molecule has 1 aromatic rings. The Morgan fingerprint density at radius 1 is 1.32 bits per heavy atom. The van der Waals surface area contributed by atoms with E-state index >= 15 is 0 Å². The van der Waals surface area contributed by atoms with Crippen molar-refractivity contribution in [2.24, 2.45) is 10.9 Å². The molecule has 3 rings (SSSR count). The molecule has 1 aromatic carbocycles. The van der Waals surface area contributed by atoms with E-state index in [4.69, 9.17) is 4.74 Å². The smallest absolute Gasteiger partial charge is 0.387 e. The highest BCUT2D eigenvalue weighted by atomic mass is 32.2. The number of aliphatic imine (C=N–C) groups is 1. The lowest BCUT2D eigenvalue weighted by Gasteiger charge is -2.31. The molecule has 2 aliphatic rings. The lowest BCUT2D eigenvalue weighted by atomic mass is 9.97. The molecule has 1 fully saturated rings. The molecule has 0 atom stereocenters. The van der Waals surface area contributed by atoms with Gasteiger partial charge in [0.25, 0.3) is 5.91 Å². The van der Waals surface area contributed by atoms with Crippen molar-refractivity contribution in [3.05, 3.63) is 34.7 Å². The van der Waals surface area contributed by atoms with Crippen LogP contribution in [0.4, 0.5) is 8.78 Å². The van der Waals surface area contributed by atoms with Crippen molar-refractivity contribution < 1.29 is 27.8 Å². The van der Waals surface area contributed by atoms with Crippen LogP contribution in [0.3, 0.4) is 0 Å². The Hall–Kier alpha value is -2.42. The molecule has 0 unspecified atom stereocenters. The first-order valence-electron chi connectivity index (χ1n) is 8.95. The second-order valence-electron chi connectivity index (χ2n) is 6.27. The number of esters is 1. The number of likely N-dealkylation sites (tertiary alicyclic amines) is 1. The average molecular weight is 410 g/mol. The Labute approximate surface area is 165 Å². The van der Waals surface area contributed by atoms with Gasteiger partial charge >= 0.3 is 12.6 Å². The highest BCUT2D eigenvalue weighted by Crippen LogP contribution is 2.32. The van der Waals surface area contributed by atoms with Gasteiger partial charge in [-0.3, -0.25) is 9.59 Å². The van der Waals surface area contributed by atoms with Crippen molar-refractivity contribution >= 4 is 34.9 Å². The van der Waals surface area contributed by atoms with E-state index in [0.717, 1.165) is 0 Å². The second kappa shape index (κ2) is 9.18. The van der Waals surface area contributed by atoms with Crippen LogP contribution in [0.1, 0.15) is 25.3 Å². The summed E-state index contributed by atoms with van der Waals surface area (Å²) in [5.41, 5.74) is 0.690. The molecule has 28 heavy (non-hydrogen) atoms. The van der Waals surface area contributed by atoms with E-state index < -0.39 is 6.61 Å². The van der Waals surface area contributed by atoms with Gasteiger partial charge in [0.2, 0.25) is 0 Å². The fraction of sp³-hybridized carbons (Fsp3) is 0.421. The van der Waals surface area contributed by atoms with E-state index in [2.05, 4.69) is 9.73 Å². The number of amidine groups is 1. The molecule has 9 heteroatoms. The minimum Gasteiger partial charge on any atom is -0.466 e. The predicted octanol–water partition coefficient (Wildman–Crippen LogP) is 3.53. The third-order valence-electron chi connectivity index (χ3n) is 4.40. The number of piperidine rings is 1. The highest BCUT2D eigenvalue weighted by molar-refractivity contribution is 8.18. The summed E-state index contributed by atoms with van der Waals surface area (Å²) >= 11 is 1.27. The molecule has 0 radical (unpaired) electrons. The Kier molecular flexibility index (Phi) is 6.66. The maximum Gasteiger partial charge on any atom is 0.387 e. The van der Waals surface area contributed by atoms with Crippen LogP contribution in [0, 0.1) is 5.92 Å². The second-order valence-corrected chi connectivity index (χ2v) is 7.28. The van der Waals surface area contributed by atoms with Gasteiger partial charge in [0.15, 0.2) is 5.17 Å². The number of carbonyl (C=O) groups excluding carboxylic acids is 2. The van der Waals surface area contributed by atoms with Crippen LogP contribution >= 0.6 is 11.8 Å². The number of ether oxygens (including phenoxy) is 2. The molecule has 0 N–H and O–H groups in total. The Morgan fingerprint density at radius 3 is 2.61 bits per heavy atom. The molecule has 0 bridgehead atoms. The van der Waals surface area contributed by atoms with Gasteiger partial charge in [0, 0.05) is 13.1 Å². The predicted molar refractivity (Wildman–Crippen MR) is 102 cm³/mol. The van der Waals surface area contributed by atoms with E-state index in [1.54, 1.807) is 25.1 Å². The number of carbonyl (C=O) groups is 2. The van der Waals surface area contributed by atoms with Crippen molar-refractivity contribution in [3.63, 3.8) is 0 Å². The first kappa shape index (κ1) is 20.3. The molecule has 0 saturated carbocycles. The molecule has 6 nitrogen and oxygen atoms in total. The molecule has 1 amide bonds. The van der Waals surface area contributed by atoms with Gasteiger partial charge in [-0.25, -0.2) is 0 Å². The van der Waals surface area contributed by atoms with Crippen LogP contribution in [0.2, 0.25) is 0 Å². The van der Waals surface area contributed by atoms with Crippen molar-refractivity contribution in [1.82, 2.24) is 4.90 Å². The van der Waals surface area contributed by atoms with Crippen LogP contribution in [0.5, 0.6) is 5.75 Å². The number of nitrogens with zero attached hydrogens (tertiary/aromatic N) is 2. The van der Waals surface area contributed by atoms with Crippen LogP contribution in [0.15, 0.2) is 34.2 Å². The third-order valence-corrected chi connectivity index (χ3v) is 5.44. The van der Waals surface area contributed by atoms with Gasteiger partial charge in [-0.15, -0.1) is 0 Å². The van der Waals surface area contributed by atoms with Gasteiger partial charge in [-0.1, -0.05) is 12.1 Å². The largest absolute Gasteiger partial charge is 0.466 e. The maximum absolute atomic E-state index is 12.2. The number of amides is 1. The van der Waals surface area contributed by atoms with E-state index in [1.807, 2.05) is 4.90 Å². The first-order chi connectivity index (χ1) is 13.5. The molecule has 2 aliphatic heterocycles. The molecule has 1 saturated heterocycles. The molecular formula is C19H20F2N2O4S. The standard InChI is InChI=1S/C19H20F2N2O4S/c1-2-26-17(25)13-7-9-23(10-8-13)19-22-16(24)15(28-19)11-12-3-5-14(6-4-12)27-18(20)21/h3-6,11,13,18H,2,7-10H2,1H3. The minimum atomic E-state index is -2.87. The van der Waals surface area contributed by atoms with Crippen molar-refractivity contribution in [3.8, 4) is 5.75 Å². The van der Waals surface area contributed by atoms with Crippen molar-refractivity contribution in [2.45, 2.75) is 26.4 Å². The van der Waals surface area contributed by atoms with E-state index in [0.29, 0.717) is 48.2 Å². The van der Waals surface area contributed by atoms with Crippen LogP contribution in [-0.2, 0) is 14.3 Å². The molecule has 0 spiro atoms. The molecule has 0 aromatic heterocycles. The highest BCUT2D eigenvalue weighted by Gasteiger charge is 2.31. The monoisotopic (exact) mass is 410 g/mol.